The highest BCUT2D eigenvalue weighted by Crippen LogP contribution is 2.38. The summed E-state index contributed by atoms with van der Waals surface area (Å²) in [5.74, 6) is 0.929. The predicted octanol–water partition coefficient (Wildman–Crippen LogP) is 2.66. The molecule has 0 atom stereocenters. The summed E-state index contributed by atoms with van der Waals surface area (Å²) in [5.41, 5.74) is 0.0416. The number of hydrogen-bond acceptors (Lipinski definition) is 7. The Morgan fingerprint density at radius 1 is 1.07 bits per heavy atom. The highest BCUT2D eigenvalue weighted by atomic mass is 16.6. The van der Waals surface area contributed by atoms with E-state index in [1.54, 1.807) is 18.2 Å². The van der Waals surface area contributed by atoms with Crippen LogP contribution in [0.4, 0.5) is 11.4 Å². The number of benzene rings is 2. The van der Waals surface area contributed by atoms with Gasteiger partial charge in [-0.25, -0.2) is 0 Å². The second-order valence-electron chi connectivity index (χ2n) is 5.67. The maximum atomic E-state index is 13.0. The molecule has 142 valence electrons. The van der Waals surface area contributed by atoms with Crippen LogP contribution in [0.5, 0.6) is 23.0 Å². The molecular weight excluding hydrogens is 356 g/mol. The van der Waals surface area contributed by atoms with Crippen LogP contribution >= 0.6 is 0 Å². The monoisotopic (exact) mass is 374 g/mol. The SMILES string of the molecule is COc1ccc(N(C)C(=O)c2cc3c(cc2[N+](=O)[O-])OCCO3)cc1OC. The minimum absolute atomic E-state index is 0.0958. The maximum Gasteiger partial charge on any atom is 0.286 e. The lowest BCUT2D eigenvalue weighted by atomic mass is 10.1. The summed E-state index contributed by atoms with van der Waals surface area (Å²) in [6.45, 7) is 0.604. The molecule has 0 fully saturated rings. The fourth-order valence-electron chi connectivity index (χ4n) is 2.73. The molecule has 0 saturated carbocycles. The van der Waals surface area contributed by atoms with E-state index in [9.17, 15) is 14.9 Å². The number of nitro benzene ring substituents is 1. The van der Waals surface area contributed by atoms with Crippen molar-refractivity contribution in [3.63, 3.8) is 0 Å². The number of hydrogen-bond donors (Lipinski definition) is 0. The molecule has 1 aliphatic rings. The fraction of sp³-hybridized carbons (Fsp3) is 0.278. The third kappa shape index (κ3) is 3.43. The molecule has 3 rings (SSSR count). The highest BCUT2D eigenvalue weighted by Gasteiger charge is 2.28. The number of methoxy groups -OCH3 is 2. The van der Waals surface area contributed by atoms with Gasteiger partial charge in [-0.15, -0.1) is 0 Å². The van der Waals surface area contributed by atoms with Gasteiger partial charge in [0.15, 0.2) is 23.0 Å². The maximum absolute atomic E-state index is 13.0. The first kappa shape index (κ1) is 18.3. The standard InChI is InChI=1S/C18H18N2O7/c1-19(11-4-5-14(24-2)15(8-11)25-3)18(21)12-9-16-17(27-7-6-26-16)10-13(12)20(22)23/h4-5,8-10H,6-7H2,1-3H3. The third-order valence-corrected chi connectivity index (χ3v) is 4.15. The number of nitrogens with zero attached hydrogens (tertiary/aromatic N) is 2. The Morgan fingerprint density at radius 2 is 1.70 bits per heavy atom. The van der Waals surface area contributed by atoms with Crippen LogP contribution in [0.15, 0.2) is 30.3 Å². The molecular formula is C18H18N2O7. The van der Waals surface area contributed by atoms with Crippen LogP contribution in [0, 0.1) is 10.1 Å². The van der Waals surface area contributed by atoms with Crippen molar-refractivity contribution >= 4 is 17.3 Å². The molecule has 2 aromatic rings. The summed E-state index contributed by atoms with van der Waals surface area (Å²) in [6.07, 6.45) is 0. The summed E-state index contributed by atoms with van der Waals surface area (Å²) in [7, 11) is 4.50. The van der Waals surface area contributed by atoms with Crippen molar-refractivity contribution in [2.24, 2.45) is 0 Å². The van der Waals surface area contributed by atoms with E-state index >= 15 is 0 Å². The largest absolute Gasteiger partial charge is 0.493 e. The van der Waals surface area contributed by atoms with Crippen LogP contribution in [0.1, 0.15) is 10.4 Å². The van der Waals surface area contributed by atoms with Gasteiger partial charge >= 0.3 is 0 Å². The average Bonchev–Trinajstić information content (AvgIpc) is 2.70. The molecule has 0 radical (unpaired) electrons. The number of amides is 1. The van der Waals surface area contributed by atoms with Gasteiger partial charge < -0.3 is 23.8 Å². The van der Waals surface area contributed by atoms with Crippen molar-refractivity contribution in [3.05, 3.63) is 46.0 Å². The van der Waals surface area contributed by atoms with Crippen molar-refractivity contribution in [3.8, 4) is 23.0 Å². The van der Waals surface area contributed by atoms with Crippen LogP contribution in [0.25, 0.3) is 0 Å². The Bertz CT molecular complexity index is 898. The molecule has 9 heteroatoms. The second-order valence-corrected chi connectivity index (χ2v) is 5.67. The minimum Gasteiger partial charge on any atom is -0.493 e. The lowest BCUT2D eigenvalue weighted by Crippen LogP contribution is -2.27. The van der Waals surface area contributed by atoms with Crippen molar-refractivity contribution in [2.45, 2.75) is 0 Å². The fourth-order valence-corrected chi connectivity index (χ4v) is 2.73. The quantitative estimate of drug-likeness (QED) is 0.586. The number of carbonyl (C=O) groups excluding carboxylic acids is 1. The van der Waals surface area contributed by atoms with Gasteiger partial charge in [-0.3, -0.25) is 14.9 Å². The summed E-state index contributed by atoms with van der Waals surface area (Å²) in [5, 5.41) is 11.5. The number of rotatable bonds is 5. The minimum atomic E-state index is -0.617. The number of carbonyl (C=O) groups is 1. The zero-order valence-corrected chi connectivity index (χ0v) is 15.1. The number of fused-ring (bicyclic) bond motifs is 1. The van der Waals surface area contributed by atoms with E-state index in [1.807, 2.05) is 0 Å². The Labute approximate surface area is 155 Å². The van der Waals surface area contributed by atoms with E-state index in [1.165, 1.54) is 38.3 Å². The van der Waals surface area contributed by atoms with Crippen LogP contribution in [0.3, 0.4) is 0 Å². The Morgan fingerprint density at radius 3 is 2.30 bits per heavy atom. The molecule has 1 amide bonds. The van der Waals surface area contributed by atoms with Gasteiger partial charge in [-0.05, 0) is 12.1 Å². The van der Waals surface area contributed by atoms with Gasteiger partial charge in [0.1, 0.15) is 18.8 Å². The summed E-state index contributed by atoms with van der Waals surface area (Å²) < 4.78 is 21.2. The Hall–Kier alpha value is -3.49. The lowest BCUT2D eigenvalue weighted by Gasteiger charge is -2.21. The molecule has 0 bridgehead atoms. The number of nitro groups is 1. The van der Waals surface area contributed by atoms with E-state index < -0.39 is 10.8 Å². The molecule has 1 heterocycles. The van der Waals surface area contributed by atoms with Crippen LogP contribution in [-0.2, 0) is 0 Å². The third-order valence-electron chi connectivity index (χ3n) is 4.15. The van der Waals surface area contributed by atoms with Crippen LogP contribution in [-0.4, -0.2) is 45.3 Å². The summed E-state index contributed by atoms with van der Waals surface area (Å²) in [6, 6.07) is 7.47. The van der Waals surface area contributed by atoms with Gasteiger partial charge in [-0.2, -0.15) is 0 Å². The topological polar surface area (TPSA) is 100 Å². The van der Waals surface area contributed by atoms with Gasteiger partial charge in [0.25, 0.3) is 11.6 Å². The molecule has 9 nitrogen and oxygen atoms in total. The second kappa shape index (κ2) is 7.40. The molecule has 1 aliphatic heterocycles. The molecule has 0 aromatic heterocycles. The van der Waals surface area contributed by atoms with Crippen molar-refractivity contribution in [1.82, 2.24) is 0 Å². The first-order chi connectivity index (χ1) is 13.0. The predicted molar refractivity (Wildman–Crippen MR) is 96.4 cm³/mol. The number of anilines is 1. The van der Waals surface area contributed by atoms with Crippen molar-refractivity contribution in [1.29, 1.82) is 0 Å². The van der Waals surface area contributed by atoms with E-state index in [2.05, 4.69) is 0 Å². The highest BCUT2D eigenvalue weighted by molar-refractivity contribution is 6.09. The van der Waals surface area contributed by atoms with Crippen molar-refractivity contribution < 1.29 is 28.7 Å². The van der Waals surface area contributed by atoms with Crippen LogP contribution in [0.2, 0.25) is 0 Å². The molecule has 0 unspecified atom stereocenters. The van der Waals surface area contributed by atoms with Crippen LogP contribution < -0.4 is 23.8 Å². The van der Waals surface area contributed by atoms with Gasteiger partial charge in [0.2, 0.25) is 0 Å². The van der Waals surface area contributed by atoms with Gasteiger partial charge in [0, 0.05) is 24.9 Å². The molecule has 0 spiro atoms. The molecule has 0 saturated heterocycles. The zero-order valence-electron chi connectivity index (χ0n) is 15.1. The summed E-state index contributed by atoms with van der Waals surface area (Å²) >= 11 is 0. The van der Waals surface area contributed by atoms with Gasteiger partial charge in [0.05, 0.1) is 25.2 Å². The van der Waals surface area contributed by atoms with E-state index in [-0.39, 0.29) is 17.0 Å². The van der Waals surface area contributed by atoms with E-state index in [0.717, 1.165) is 0 Å². The smallest absolute Gasteiger partial charge is 0.286 e. The molecule has 2 aromatic carbocycles. The Balaban J connectivity index is 2.01. The molecule has 0 N–H and O–H groups in total. The molecule has 0 aliphatic carbocycles. The van der Waals surface area contributed by atoms with Crippen molar-refractivity contribution in [2.75, 3.05) is 39.4 Å². The first-order valence-electron chi connectivity index (χ1n) is 8.04. The normalized spacial score (nSPS) is 12.3. The lowest BCUT2D eigenvalue weighted by molar-refractivity contribution is -0.385. The zero-order chi connectivity index (χ0) is 19.6. The average molecular weight is 374 g/mol. The Kier molecular flexibility index (Phi) is 5.02. The number of ether oxygens (including phenoxy) is 4. The first-order valence-corrected chi connectivity index (χ1v) is 8.04. The van der Waals surface area contributed by atoms with E-state index in [0.29, 0.717) is 36.1 Å². The summed E-state index contributed by atoms with van der Waals surface area (Å²) in [4.78, 5) is 25.1. The van der Waals surface area contributed by atoms with E-state index in [4.69, 9.17) is 18.9 Å². The van der Waals surface area contributed by atoms with Gasteiger partial charge in [-0.1, -0.05) is 0 Å². The molecule has 27 heavy (non-hydrogen) atoms.